The van der Waals surface area contributed by atoms with Gasteiger partial charge in [0.2, 0.25) is 5.13 Å². The molecule has 0 amide bonds. The lowest BCUT2D eigenvalue weighted by molar-refractivity contribution is 0.0520. The maximum Gasteiger partial charge on any atom is 0.357 e. The molecule has 8 nitrogen and oxygen atoms in total. The molecule has 0 spiro atoms. The third-order valence-electron chi connectivity index (χ3n) is 7.13. The maximum atomic E-state index is 15.0. The molecule has 44 heavy (non-hydrogen) atoms. The summed E-state index contributed by atoms with van der Waals surface area (Å²) >= 11 is -1.88. The molecule has 2 heterocycles. The Morgan fingerprint density at radius 2 is 1.77 bits per heavy atom. The van der Waals surface area contributed by atoms with Gasteiger partial charge in [-0.2, -0.15) is 5.10 Å². The quantitative estimate of drug-likeness (QED) is 0.104. The van der Waals surface area contributed by atoms with Crippen molar-refractivity contribution in [1.82, 2.24) is 20.9 Å². The summed E-state index contributed by atoms with van der Waals surface area (Å²) in [6.07, 6.45) is 1.96. The summed E-state index contributed by atoms with van der Waals surface area (Å²) in [7, 11) is 0. The van der Waals surface area contributed by atoms with Gasteiger partial charge in [-0.25, -0.2) is 27.6 Å². The van der Waals surface area contributed by atoms with Crippen LogP contribution in [0.15, 0.2) is 70.9 Å². The van der Waals surface area contributed by atoms with Crippen molar-refractivity contribution in [2.75, 3.05) is 6.61 Å². The Hall–Kier alpha value is -4.17. The maximum absolute atomic E-state index is 15.0. The van der Waals surface area contributed by atoms with Crippen LogP contribution in [0, 0.1) is 17.5 Å². The monoisotopic (exact) mass is 640 g/mol. The lowest BCUT2D eigenvalue weighted by Crippen LogP contribution is -2.07. The van der Waals surface area contributed by atoms with Crippen LogP contribution >= 0.6 is 11.3 Å². The molecular weight excluding hydrogens is 613 g/mol. The zero-order valence-electron chi connectivity index (χ0n) is 23.4. The number of carbonyl (C=O) groups excluding carboxylic acids is 1. The van der Waals surface area contributed by atoms with Crippen molar-refractivity contribution in [2.24, 2.45) is 0 Å². The van der Waals surface area contributed by atoms with Crippen LogP contribution in [-0.4, -0.2) is 31.9 Å². The average Bonchev–Trinajstić information content (AvgIpc) is 3.57. The lowest BCUT2D eigenvalue weighted by Gasteiger charge is -2.10. The second-order valence-electron chi connectivity index (χ2n) is 10.1. The van der Waals surface area contributed by atoms with E-state index in [1.54, 1.807) is 35.2 Å². The van der Waals surface area contributed by atoms with Gasteiger partial charge in [0.05, 0.1) is 29.1 Å². The van der Waals surface area contributed by atoms with Crippen molar-refractivity contribution < 1.29 is 31.5 Å². The second-order valence-corrected chi connectivity index (χ2v) is 11.9. The molecule has 0 aliphatic heterocycles. The summed E-state index contributed by atoms with van der Waals surface area (Å²) < 4.78 is 72.9. The van der Waals surface area contributed by atoms with E-state index in [2.05, 4.69) is 4.98 Å². The number of hydrogen-bond donors (Lipinski definition) is 1. The first-order valence-corrected chi connectivity index (χ1v) is 15.5. The molecule has 0 radical (unpaired) electrons. The number of carbonyl (C=O) groups is 1. The standard InChI is InChI=1S/C31H24F3N3O4S2.H3N/c1-2-41-30(38)26-16-42-31(35-26)37-29(19-4-5-19)23(13-17-3-12-27(43(39)40)25(34)14-17)28(36-37)20-8-11-24(33)22(15-20)18-6-9-21(32)10-7-18;/h3,6-12,14-16,19,43H,2,4-5,13H2,1H3;1H3. The van der Waals surface area contributed by atoms with E-state index in [4.69, 9.17) is 9.84 Å². The molecule has 2 aromatic heterocycles. The smallest absolute Gasteiger partial charge is 0.357 e. The van der Waals surface area contributed by atoms with Crippen molar-refractivity contribution in [3.8, 4) is 27.5 Å². The molecule has 0 saturated heterocycles. The number of aromatic nitrogens is 3. The largest absolute Gasteiger partial charge is 0.612 e. The third-order valence-corrected chi connectivity index (χ3v) is 8.70. The number of thiazole rings is 1. The number of halogens is 3. The summed E-state index contributed by atoms with van der Waals surface area (Å²) in [5.74, 6) is -2.23. The van der Waals surface area contributed by atoms with Crippen LogP contribution in [0.25, 0.3) is 27.5 Å². The number of esters is 1. The summed E-state index contributed by atoms with van der Waals surface area (Å²) in [4.78, 5) is 16.4. The first kappa shape index (κ1) is 31.3. The second kappa shape index (κ2) is 12.8. The Morgan fingerprint density at radius 3 is 2.43 bits per heavy atom. The van der Waals surface area contributed by atoms with Crippen molar-refractivity contribution in [3.05, 3.63) is 106 Å². The van der Waals surface area contributed by atoms with E-state index in [1.165, 1.54) is 53.8 Å². The van der Waals surface area contributed by atoms with Crippen LogP contribution in [0.1, 0.15) is 53.0 Å². The number of thiol groups is 1. The van der Waals surface area contributed by atoms with Crippen LogP contribution in [0.2, 0.25) is 0 Å². The lowest BCUT2D eigenvalue weighted by atomic mass is 9.95. The van der Waals surface area contributed by atoms with Gasteiger partial charge in [0.15, 0.2) is 16.4 Å². The molecule has 1 unspecified atom stereocenters. The summed E-state index contributed by atoms with van der Waals surface area (Å²) in [5.41, 5.74) is 4.03. The average molecular weight is 641 g/mol. The highest BCUT2D eigenvalue weighted by atomic mass is 32.2. The number of nitrogens with zero attached hydrogens (tertiary/aromatic N) is 3. The molecule has 6 rings (SSSR count). The van der Waals surface area contributed by atoms with Gasteiger partial charge in [0.25, 0.3) is 0 Å². The minimum Gasteiger partial charge on any atom is -0.612 e. The Bertz CT molecular complexity index is 1870. The molecule has 5 aromatic rings. The van der Waals surface area contributed by atoms with Gasteiger partial charge in [0, 0.05) is 34.4 Å². The molecule has 1 atom stereocenters. The van der Waals surface area contributed by atoms with Gasteiger partial charge in [-0.1, -0.05) is 18.2 Å². The van der Waals surface area contributed by atoms with Crippen LogP contribution in [0.4, 0.5) is 13.2 Å². The van der Waals surface area contributed by atoms with Crippen LogP contribution < -0.4 is 6.15 Å². The Labute approximate surface area is 257 Å². The van der Waals surface area contributed by atoms with Crippen molar-refractivity contribution in [3.63, 3.8) is 0 Å². The molecule has 3 aromatic carbocycles. The molecule has 3 N–H and O–H groups in total. The summed E-state index contributed by atoms with van der Waals surface area (Å²) in [6, 6.07) is 14.0. The minimum atomic E-state index is -3.10. The Kier molecular flexibility index (Phi) is 9.11. The first-order chi connectivity index (χ1) is 20.7. The molecule has 1 aliphatic carbocycles. The fraction of sp³-hybridized carbons (Fsp3) is 0.194. The fourth-order valence-corrected chi connectivity index (χ4v) is 6.18. The van der Waals surface area contributed by atoms with Gasteiger partial charge in [-0.15, -0.1) is 15.5 Å². The highest BCUT2D eigenvalue weighted by Gasteiger charge is 2.34. The number of hydrogen-bond acceptors (Lipinski definition) is 8. The van der Waals surface area contributed by atoms with E-state index in [9.17, 15) is 22.3 Å². The predicted molar refractivity (Wildman–Crippen MR) is 161 cm³/mol. The highest BCUT2D eigenvalue weighted by Crippen LogP contribution is 2.46. The van der Waals surface area contributed by atoms with Gasteiger partial charge >= 0.3 is 5.97 Å². The predicted octanol–water partition coefficient (Wildman–Crippen LogP) is 7.07. The molecule has 1 aliphatic rings. The molecule has 228 valence electrons. The van der Waals surface area contributed by atoms with E-state index < -0.39 is 39.4 Å². The van der Waals surface area contributed by atoms with Crippen LogP contribution in [0.3, 0.4) is 0 Å². The number of rotatable bonds is 9. The van der Waals surface area contributed by atoms with E-state index >= 15 is 4.39 Å². The van der Waals surface area contributed by atoms with E-state index in [1.807, 2.05) is 0 Å². The topological polar surface area (TPSA) is 132 Å². The van der Waals surface area contributed by atoms with Crippen molar-refractivity contribution >= 4 is 28.4 Å². The molecule has 13 heteroatoms. The van der Waals surface area contributed by atoms with E-state index in [-0.39, 0.29) is 36.4 Å². The summed E-state index contributed by atoms with van der Waals surface area (Å²) in [6.45, 7) is 1.90. The minimum absolute atomic E-state index is 0. The van der Waals surface area contributed by atoms with Crippen LogP contribution in [-0.2, 0) is 26.4 Å². The van der Waals surface area contributed by atoms with Gasteiger partial charge in [-0.3, -0.25) is 0 Å². The van der Waals surface area contributed by atoms with Gasteiger partial charge in [-0.05, 0) is 73.4 Å². The normalized spacial score (nSPS) is 13.4. The highest BCUT2D eigenvalue weighted by molar-refractivity contribution is 7.79. The molecular formula is C31H27F3N4O4S2. The Morgan fingerprint density at radius 1 is 1.05 bits per heavy atom. The number of ether oxygens (including phenoxy) is 1. The molecule has 1 fully saturated rings. The SMILES string of the molecule is CCOC(=O)c1csc(-n2nc(-c3ccc(F)c(-c4ccc(F)cc4)c3)c(Cc3ccc([SH+](=O)[O-])c(F)c3)c2C2CC2)n1.N. The molecule has 1 saturated carbocycles. The third kappa shape index (κ3) is 6.22. The van der Waals surface area contributed by atoms with Gasteiger partial charge < -0.3 is 15.4 Å². The zero-order chi connectivity index (χ0) is 30.2. The van der Waals surface area contributed by atoms with E-state index in [0.717, 1.165) is 24.1 Å². The first-order valence-electron chi connectivity index (χ1n) is 13.5. The summed E-state index contributed by atoms with van der Waals surface area (Å²) in [5, 5.41) is 6.94. The van der Waals surface area contributed by atoms with Crippen LogP contribution in [0.5, 0.6) is 0 Å². The van der Waals surface area contributed by atoms with Crippen molar-refractivity contribution in [2.45, 2.75) is 37.0 Å². The van der Waals surface area contributed by atoms with Crippen molar-refractivity contribution in [1.29, 1.82) is 0 Å². The molecule has 0 bridgehead atoms. The zero-order valence-corrected chi connectivity index (χ0v) is 25.1. The number of benzene rings is 3. The van der Waals surface area contributed by atoms with Gasteiger partial charge in [0.1, 0.15) is 11.6 Å². The fourth-order valence-electron chi connectivity index (χ4n) is 4.99. The Balaban J connectivity index is 0.00000384. The van der Waals surface area contributed by atoms with E-state index in [0.29, 0.717) is 27.5 Å².